The fourth-order valence-electron chi connectivity index (χ4n) is 2.72. The summed E-state index contributed by atoms with van der Waals surface area (Å²) < 4.78 is 0. The van der Waals surface area contributed by atoms with Crippen LogP contribution in [0.5, 0.6) is 0 Å². The van der Waals surface area contributed by atoms with E-state index >= 15 is 0 Å². The standard InChI is InChI=1S/C18H18N6O2/c1-13-9-16(17(26)24-7-5-23(12-25)6-8-24)22-18(20-13)21-15-4-2-3-14(10-15)11-19/h2-4,9-10,12H,5-8H2,1H3,(H,20,21,22). The Morgan fingerprint density at radius 1 is 1.23 bits per heavy atom. The van der Waals surface area contributed by atoms with Crippen molar-refractivity contribution in [3.05, 3.63) is 47.3 Å². The molecule has 1 fully saturated rings. The third-order valence-electron chi connectivity index (χ3n) is 4.07. The van der Waals surface area contributed by atoms with Gasteiger partial charge in [-0.1, -0.05) is 6.07 Å². The number of piperazine rings is 1. The van der Waals surface area contributed by atoms with Gasteiger partial charge in [0.25, 0.3) is 5.91 Å². The third-order valence-corrected chi connectivity index (χ3v) is 4.07. The van der Waals surface area contributed by atoms with Gasteiger partial charge < -0.3 is 15.1 Å². The lowest BCUT2D eigenvalue weighted by molar-refractivity contribution is -0.119. The second-order valence-corrected chi connectivity index (χ2v) is 5.97. The number of aryl methyl sites for hydroxylation is 1. The van der Waals surface area contributed by atoms with Crippen molar-refractivity contribution in [3.8, 4) is 6.07 Å². The first kappa shape index (κ1) is 17.4. The van der Waals surface area contributed by atoms with Crippen LogP contribution >= 0.6 is 0 Å². The van der Waals surface area contributed by atoms with Gasteiger partial charge >= 0.3 is 0 Å². The van der Waals surface area contributed by atoms with Gasteiger partial charge in [0.1, 0.15) is 5.69 Å². The van der Waals surface area contributed by atoms with Gasteiger partial charge in [0.2, 0.25) is 12.4 Å². The Bertz CT molecular complexity index is 868. The number of nitrogens with zero attached hydrogens (tertiary/aromatic N) is 5. The van der Waals surface area contributed by atoms with Crippen molar-refractivity contribution in [2.24, 2.45) is 0 Å². The molecule has 0 saturated carbocycles. The Balaban J connectivity index is 1.78. The van der Waals surface area contributed by atoms with Gasteiger partial charge in [0.15, 0.2) is 0 Å². The Morgan fingerprint density at radius 2 is 2.00 bits per heavy atom. The number of nitrogens with one attached hydrogen (secondary N) is 1. The summed E-state index contributed by atoms with van der Waals surface area (Å²) >= 11 is 0. The zero-order valence-corrected chi connectivity index (χ0v) is 14.3. The van der Waals surface area contributed by atoms with Crippen molar-refractivity contribution < 1.29 is 9.59 Å². The van der Waals surface area contributed by atoms with Gasteiger partial charge in [-0.05, 0) is 31.2 Å². The Kier molecular flexibility index (Phi) is 5.08. The molecule has 3 rings (SSSR count). The number of hydrogen-bond donors (Lipinski definition) is 1. The van der Waals surface area contributed by atoms with Crippen molar-refractivity contribution >= 4 is 24.0 Å². The van der Waals surface area contributed by atoms with E-state index in [2.05, 4.69) is 21.4 Å². The van der Waals surface area contributed by atoms with E-state index in [0.717, 1.165) is 6.41 Å². The highest BCUT2D eigenvalue weighted by molar-refractivity contribution is 5.93. The molecule has 0 unspecified atom stereocenters. The van der Waals surface area contributed by atoms with Crippen LogP contribution in [0.15, 0.2) is 30.3 Å². The zero-order chi connectivity index (χ0) is 18.5. The molecule has 1 aliphatic heterocycles. The maximum Gasteiger partial charge on any atom is 0.272 e. The second-order valence-electron chi connectivity index (χ2n) is 5.97. The molecule has 0 aliphatic carbocycles. The molecule has 0 spiro atoms. The number of aromatic nitrogens is 2. The molecule has 2 heterocycles. The number of nitriles is 1. The fraction of sp³-hybridized carbons (Fsp3) is 0.278. The molecular formula is C18H18N6O2. The molecule has 0 atom stereocenters. The highest BCUT2D eigenvalue weighted by Gasteiger charge is 2.23. The highest BCUT2D eigenvalue weighted by atomic mass is 16.2. The van der Waals surface area contributed by atoms with Crippen molar-refractivity contribution in [3.63, 3.8) is 0 Å². The minimum absolute atomic E-state index is 0.185. The Hall–Kier alpha value is -3.47. The molecule has 0 radical (unpaired) electrons. The highest BCUT2D eigenvalue weighted by Crippen LogP contribution is 2.16. The molecule has 2 aromatic rings. The maximum absolute atomic E-state index is 12.7. The summed E-state index contributed by atoms with van der Waals surface area (Å²) in [5.74, 6) is 0.116. The van der Waals surface area contributed by atoms with Crippen LogP contribution in [0.3, 0.4) is 0 Å². The number of anilines is 2. The van der Waals surface area contributed by atoms with Crippen molar-refractivity contribution in [2.75, 3.05) is 31.5 Å². The molecule has 1 aromatic heterocycles. The molecule has 1 aromatic carbocycles. The van der Waals surface area contributed by atoms with E-state index in [1.807, 2.05) is 0 Å². The predicted octanol–water partition coefficient (Wildman–Crippen LogP) is 1.31. The molecular weight excluding hydrogens is 332 g/mol. The van der Waals surface area contributed by atoms with Crippen LogP contribution in [-0.4, -0.2) is 58.3 Å². The lowest BCUT2D eigenvalue weighted by Crippen LogP contribution is -2.48. The van der Waals surface area contributed by atoms with Crippen LogP contribution in [-0.2, 0) is 4.79 Å². The maximum atomic E-state index is 12.7. The molecule has 8 nitrogen and oxygen atoms in total. The van der Waals surface area contributed by atoms with E-state index in [1.165, 1.54) is 0 Å². The van der Waals surface area contributed by atoms with E-state index in [1.54, 1.807) is 47.1 Å². The van der Waals surface area contributed by atoms with Crippen molar-refractivity contribution in [1.29, 1.82) is 5.26 Å². The summed E-state index contributed by atoms with van der Waals surface area (Å²) in [5.41, 5.74) is 2.16. The van der Waals surface area contributed by atoms with Crippen LogP contribution in [0.25, 0.3) is 0 Å². The number of amides is 2. The number of hydrogen-bond acceptors (Lipinski definition) is 6. The minimum atomic E-state index is -0.185. The summed E-state index contributed by atoms with van der Waals surface area (Å²) in [6.07, 6.45) is 0.800. The fourth-order valence-corrected chi connectivity index (χ4v) is 2.72. The minimum Gasteiger partial charge on any atom is -0.342 e. The number of benzene rings is 1. The summed E-state index contributed by atoms with van der Waals surface area (Å²) in [6.45, 7) is 3.79. The molecule has 26 heavy (non-hydrogen) atoms. The number of carbonyl (C=O) groups excluding carboxylic acids is 2. The Morgan fingerprint density at radius 3 is 2.69 bits per heavy atom. The topological polar surface area (TPSA) is 102 Å². The largest absolute Gasteiger partial charge is 0.342 e. The number of carbonyl (C=O) groups is 2. The van der Waals surface area contributed by atoms with Gasteiger partial charge in [0.05, 0.1) is 11.6 Å². The monoisotopic (exact) mass is 350 g/mol. The first-order valence-electron chi connectivity index (χ1n) is 8.20. The zero-order valence-electron chi connectivity index (χ0n) is 14.3. The third kappa shape index (κ3) is 3.95. The van der Waals surface area contributed by atoms with E-state index in [-0.39, 0.29) is 5.91 Å². The summed E-state index contributed by atoms with van der Waals surface area (Å²) in [5, 5.41) is 12.0. The average molecular weight is 350 g/mol. The molecule has 132 valence electrons. The van der Waals surface area contributed by atoms with Gasteiger partial charge in [-0.15, -0.1) is 0 Å². The van der Waals surface area contributed by atoms with Crippen LogP contribution in [0.1, 0.15) is 21.7 Å². The first-order chi connectivity index (χ1) is 12.6. The summed E-state index contributed by atoms with van der Waals surface area (Å²) in [4.78, 5) is 35.5. The SMILES string of the molecule is Cc1cc(C(=O)N2CCN(C=O)CC2)nc(Nc2cccc(C#N)c2)n1. The predicted molar refractivity (Wildman–Crippen MR) is 94.7 cm³/mol. The molecule has 2 amide bonds. The lowest BCUT2D eigenvalue weighted by Gasteiger charge is -2.32. The second kappa shape index (κ2) is 7.61. The quantitative estimate of drug-likeness (QED) is 0.834. The van der Waals surface area contributed by atoms with Crippen LogP contribution in [0.2, 0.25) is 0 Å². The van der Waals surface area contributed by atoms with Gasteiger partial charge in [-0.25, -0.2) is 9.97 Å². The first-order valence-corrected chi connectivity index (χ1v) is 8.20. The van der Waals surface area contributed by atoms with Crippen LogP contribution in [0, 0.1) is 18.3 Å². The molecule has 1 saturated heterocycles. The van der Waals surface area contributed by atoms with Gasteiger partial charge in [-0.2, -0.15) is 5.26 Å². The van der Waals surface area contributed by atoms with Gasteiger partial charge in [-0.3, -0.25) is 9.59 Å². The van der Waals surface area contributed by atoms with Crippen molar-refractivity contribution in [1.82, 2.24) is 19.8 Å². The van der Waals surface area contributed by atoms with Gasteiger partial charge in [0, 0.05) is 37.6 Å². The summed E-state index contributed by atoms with van der Waals surface area (Å²) in [7, 11) is 0. The molecule has 1 aliphatic rings. The molecule has 8 heteroatoms. The van der Waals surface area contributed by atoms with Crippen LogP contribution < -0.4 is 5.32 Å². The smallest absolute Gasteiger partial charge is 0.272 e. The molecule has 0 bridgehead atoms. The van der Waals surface area contributed by atoms with Crippen molar-refractivity contribution in [2.45, 2.75) is 6.92 Å². The normalized spacial score (nSPS) is 13.8. The Labute approximate surface area is 151 Å². The molecule has 1 N–H and O–H groups in total. The van der Waals surface area contributed by atoms with E-state index < -0.39 is 0 Å². The van der Waals surface area contributed by atoms with E-state index in [0.29, 0.717) is 54.8 Å². The lowest BCUT2D eigenvalue weighted by atomic mass is 10.2. The van der Waals surface area contributed by atoms with E-state index in [4.69, 9.17) is 5.26 Å². The average Bonchev–Trinajstić information content (AvgIpc) is 2.67. The summed E-state index contributed by atoms with van der Waals surface area (Å²) in [6, 6.07) is 10.7. The van der Waals surface area contributed by atoms with E-state index in [9.17, 15) is 9.59 Å². The van der Waals surface area contributed by atoms with Crippen LogP contribution in [0.4, 0.5) is 11.6 Å². The number of rotatable bonds is 4.